The van der Waals surface area contributed by atoms with Crippen LogP contribution in [0.4, 0.5) is 5.69 Å². The number of esters is 1. The molecule has 1 amide bonds. The van der Waals surface area contributed by atoms with Crippen LogP contribution in [0, 0.1) is 0 Å². The summed E-state index contributed by atoms with van der Waals surface area (Å²) in [6.07, 6.45) is 4.20. The second-order valence-corrected chi connectivity index (χ2v) is 6.30. The van der Waals surface area contributed by atoms with Gasteiger partial charge in [0.1, 0.15) is 5.76 Å². The minimum atomic E-state index is -0.606. The molecule has 5 heteroatoms. The first-order valence-electron chi connectivity index (χ1n) is 7.64. The molecule has 1 heterocycles. The molecular formula is C19H21NO4. The molecule has 0 atom stereocenters. The second-order valence-electron chi connectivity index (χ2n) is 6.30. The molecule has 0 spiro atoms. The summed E-state index contributed by atoms with van der Waals surface area (Å²) in [7, 11) is 0. The molecule has 0 aliphatic rings. The topological polar surface area (TPSA) is 68.5 Å². The normalized spacial score (nSPS) is 11.5. The van der Waals surface area contributed by atoms with Gasteiger partial charge in [0.2, 0.25) is 0 Å². The zero-order valence-electron chi connectivity index (χ0n) is 14.0. The van der Waals surface area contributed by atoms with Crippen LogP contribution in [0.25, 0.3) is 6.08 Å². The number of para-hydroxylation sites is 1. The summed E-state index contributed by atoms with van der Waals surface area (Å²) in [4.78, 5) is 23.6. The summed E-state index contributed by atoms with van der Waals surface area (Å²) in [5, 5.41) is 2.78. The van der Waals surface area contributed by atoms with E-state index in [2.05, 4.69) is 26.1 Å². The van der Waals surface area contributed by atoms with Gasteiger partial charge in [0.05, 0.1) is 6.26 Å². The fraction of sp³-hybridized carbons (Fsp3) is 0.263. The SMILES string of the molecule is CC(C)(C)c1ccccc1NC(=O)COC(=O)/C=C/c1ccco1. The van der Waals surface area contributed by atoms with Gasteiger partial charge in [-0.05, 0) is 35.3 Å². The number of amides is 1. The number of rotatable bonds is 5. The van der Waals surface area contributed by atoms with Crippen LogP contribution in [-0.2, 0) is 19.7 Å². The highest BCUT2D eigenvalue weighted by atomic mass is 16.5. The molecule has 1 aromatic heterocycles. The van der Waals surface area contributed by atoms with E-state index in [0.29, 0.717) is 5.76 Å². The van der Waals surface area contributed by atoms with E-state index in [0.717, 1.165) is 11.3 Å². The number of ether oxygens (including phenoxy) is 1. The van der Waals surface area contributed by atoms with Gasteiger partial charge < -0.3 is 14.5 Å². The summed E-state index contributed by atoms with van der Waals surface area (Å²) >= 11 is 0. The number of benzene rings is 1. The van der Waals surface area contributed by atoms with E-state index in [1.807, 2.05) is 24.3 Å². The van der Waals surface area contributed by atoms with Gasteiger partial charge in [-0.1, -0.05) is 39.0 Å². The zero-order chi connectivity index (χ0) is 17.6. The smallest absolute Gasteiger partial charge is 0.331 e. The minimum absolute atomic E-state index is 0.105. The lowest BCUT2D eigenvalue weighted by Crippen LogP contribution is -2.23. The van der Waals surface area contributed by atoms with Gasteiger partial charge in [-0.2, -0.15) is 0 Å². The number of carbonyl (C=O) groups is 2. The van der Waals surface area contributed by atoms with Crippen molar-refractivity contribution in [3.63, 3.8) is 0 Å². The second kappa shape index (κ2) is 7.64. The van der Waals surface area contributed by atoms with Crippen LogP contribution in [0.5, 0.6) is 0 Å². The van der Waals surface area contributed by atoms with Gasteiger partial charge in [-0.25, -0.2) is 4.79 Å². The van der Waals surface area contributed by atoms with E-state index in [9.17, 15) is 9.59 Å². The van der Waals surface area contributed by atoms with Crippen molar-refractivity contribution in [2.45, 2.75) is 26.2 Å². The highest BCUT2D eigenvalue weighted by Gasteiger charge is 2.18. The third-order valence-electron chi connectivity index (χ3n) is 3.28. The minimum Gasteiger partial charge on any atom is -0.465 e. The molecule has 0 radical (unpaired) electrons. The maximum absolute atomic E-state index is 12.0. The Morgan fingerprint density at radius 1 is 1.17 bits per heavy atom. The fourth-order valence-electron chi connectivity index (χ4n) is 2.15. The first kappa shape index (κ1) is 17.5. The van der Waals surface area contributed by atoms with Crippen molar-refractivity contribution in [3.8, 4) is 0 Å². The first-order valence-corrected chi connectivity index (χ1v) is 7.64. The Hall–Kier alpha value is -2.82. The maximum Gasteiger partial charge on any atom is 0.331 e. The summed E-state index contributed by atoms with van der Waals surface area (Å²) in [6, 6.07) is 11.0. The van der Waals surface area contributed by atoms with Crippen molar-refractivity contribution < 1.29 is 18.7 Å². The third kappa shape index (κ3) is 5.12. The largest absolute Gasteiger partial charge is 0.465 e. The fourth-order valence-corrected chi connectivity index (χ4v) is 2.15. The van der Waals surface area contributed by atoms with E-state index in [1.165, 1.54) is 18.4 Å². The Morgan fingerprint density at radius 2 is 1.92 bits per heavy atom. The summed E-state index contributed by atoms with van der Waals surface area (Å²) in [5.74, 6) is -0.451. The van der Waals surface area contributed by atoms with Gasteiger partial charge in [0.25, 0.3) is 5.91 Å². The molecule has 126 valence electrons. The van der Waals surface area contributed by atoms with Crippen molar-refractivity contribution in [2.24, 2.45) is 0 Å². The Balaban J connectivity index is 1.89. The molecule has 1 N–H and O–H groups in total. The van der Waals surface area contributed by atoms with Crippen LogP contribution < -0.4 is 5.32 Å². The molecule has 0 aliphatic carbocycles. The van der Waals surface area contributed by atoms with Crippen molar-refractivity contribution in [1.82, 2.24) is 0 Å². The average Bonchev–Trinajstić information content (AvgIpc) is 3.04. The molecule has 5 nitrogen and oxygen atoms in total. The molecule has 24 heavy (non-hydrogen) atoms. The van der Waals surface area contributed by atoms with E-state index < -0.39 is 5.97 Å². The number of furan rings is 1. The Morgan fingerprint density at radius 3 is 2.58 bits per heavy atom. The predicted octanol–water partition coefficient (Wildman–Crippen LogP) is 3.77. The van der Waals surface area contributed by atoms with Gasteiger partial charge in [0.15, 0.2) is 6.61 Å². The quantitative estimate of drug-likeness (QED) is 0.670. The third-order valence-corrected chi connectivity index (χ3v) is 3.28. The molecule has 2 rings (SSSR count). The van der Waals surface area contributed by atoms with Crippen molar-refractivity contribution in [1.29, 1.82) is 0 Å². The van der Waals surface area contributed by atoms with Gasteiger partial charge in [0, 0.05) is 11.8 Å². The Bertz CT molecular complexity index is 724. The molecule has 1 aromatic carbocycles. The monoisotopic (exact) mass is 327 g/mol. The van der Waals surface area contributed by atoms with E-state index >= 15 is 0 Å². The lowest BCUT2D eigenvalue weighted by Gasteiger charge is -2.22. The van der Waals surface area contributed by atoms with Crippen molar-refractivity contribution in [3.05, 3.63) is 60.1 Å². The van der Waals surface area contributed by atoms with Gasteiger partial charge >= 0.3 is 5.97 Å². The van der Waals surface area contributed by atoms with Crippen LogP contribution in [0.15, 0.2) is 53.2 Å². The summed E-state index contributed by atoms with van der Waals surface area (Å²) in [6.45, 7) is 5.85. The van der Waals surface area contributed by atoms with Crippen molar-refractivity contribution >= 4 is 23.6 Å². The predicted molar refractivity (Wildman–Crippen MR) is 92.5 cm³/mol. The number of hydrogen-bond acceptors (Lipinski definition) is 4. The highest BCUT2D eigenvalue weighted by molar-refractivity contribution is 5.95. The van der Waals surface area contributed by atoms with Crippen LogP contribution in [0.1, 0.15) is 32.1 Å². The lowest BCUT2D eigenvalue weighted by molar-refractivity contribution is -0.142. The molecule has 2 aromatic rings. The zero-order valence-corrected chi connectivity index (χ0v) is 14.0. The number of hydrogen-bond donors (Lipinski definition) is 1. The summed E-state index contributed by atoms with van der Waals surface area (Å²) in [5.41, 5.74) is 1.63. The number of nitrogens with one attached hydrogen (secondary N) is 1. The van der Waals surface area contributed by atoms with E-state index in [1.54, 1.807) is 12.1 Å². The van der Waals surface area contributed by atoms with Gasteiger partial charge in [-0.15, -0.1) is 0 Å². The maximum atomic E-state index is 12.0. The standard InChI is InChI=1S/C19H21NO4/c1-19(2,3)15-8-4-5-9-16(15)20-17(21)13-24-18(22)11-10-14-7-6-12-23-14/h4-12H,13H2,1-3H3,(H,20,21)/b11-10+. The van der Waals surface area contributed by atoms with Crippen LogP contribution in [-0.4, -0.2) is 18.5 Å². The molecule has 0 bridgehead atoms. The lowest BCUT2D eigenvalue weighted by atomic mass is 9.86. The summed E-state index contributed by atoms with van der Waals surface area (Å²) < 4.78 is 9.98. The van der Waals surface area contributed by atoms with Crippen LogP contribution >= 0.6 is 0 Å². The first-order chi connectivity index (χ1) is 11.4. The van der Waals surface area contributed by atoms with Crippen molar-refractivity contribution in [2.75, 3.05) is 11.9 Å². The number of anilines is 1. The molecule has 0 fully saturated rings. The molecule has 0 saturated carbocycles. The molecule has 0 saturated heterocycles. The van der Waals surface area contributed by atoms with Crippen LogP contribution in [0.2, 0.25) is 0 Å². The van der Waals surface area contributed by atoms with E-state index in [4.69, 9.17) is 9.15 Å². The highest BCUT2D eigenvalue weighted by Crippen LogP contribution is 2.29. The Kier molecular flexibility index (Phi) is 5.58. The number of carbonyl (C=O) groups excluding carboxylic acids is 2. The van der Waals surface area contributed by atoms with Gasteiger partial charge in [-0.3, -0.25) is 4.79 Å². The molecule has 0 aliphatic heterocycles. The van der Waals surface area contributed by atoms with Crippen LogP contribution in [0.3, 0.4) is 0 Å². The molecular weight excluding hydrogens is 306 g/mol. The average molecular weight is 327 g/mol. The van der Waals surface area contributed by atoms with E-state index in [-0.39, 0.29) is 17.9 Å². The Labute approximate surface area is 141 Å². The molecule has 0 unspecified atom stereocenters.